The molecular weight excluding hydrogens is 380 g/mol. The highest BCUT2D eigenvalue weighted by Gasteiger charge is 2.24. The van der Waals surface area contributed by atoms with Crippen molar-refractivity contribution in [3.63, 3.8) is 0 Å². The van der Waals surface area contributed by atoms with Gasteiger partial charge in [0, 0.05) is 7.05 Å². The summed E-state index contributed by atoms with van der Waals surface area (Å²) in [5.41, 5.74) is 0.849. The standard InChI is InChI=1S/C20H26N2O5S/c1-5-17(15-11-12-18(26-3)19(13-15)27-4)21-20(23)14-22(2)28(24,25)16-9-7-6-8-10-16/h6-13,17H,5,14H2,1-4H3,(H,21,23). The summed E-state index contributed by atoms with van der Waals surface area (Å²) in [6.45, 7) is 1.66. The Hall–Kier alpha value is -2.58. The third-order valence-electron chi connectivity index (χ3n) is 4.37. The number of benzene rings is 2. The van der Waals surface area contributed by atoms with Crippen LogP contribution in [0.2, 0.25) is 0 Å². The highest BCUT2D eigenvalue weighted by atomic mass is 32.2. The maximum Gasteiger partial charge on any atom is 0.243 e. The van der Waals surface area contributed by atoms with Crippen molar-refractivity contribution in [3.05, 3.63) is 54.1 Å². The van der Waals surface area contributed by atoms with Crippen LogP contribution in [0.5, 0.6) is 11.5 Å². The van der Waals surface area contributed by atoms with Crippen LogP contribution < -0.4 is 14.8 Å². The molecule has 0 aromatic heterocycles. The van der Waals surface area contributed by atoms with Gasteiger partial charge in [-0.2, -0.15) is 4.31 Å². The molecule has 8 heteroatoms. The van der Waals surface area contributed by atoms with Crippen LogP contribution in [0.3, 0.4) is 0 Å². The fourth-order valence-corrected chi connectivity index (χ4v) is 3.94. The Balaban J connectivity index is 2.10. The summed E-state index contributed by atoms with van der Waals surface area (Å²) in [7, 11) is 0.765. The van der Waals surface area contributed by atoms with Crippen LogP contribution in [0.15, 0.2) is 53.4 Å². The lowest BCUT2D eigenvalue weighted by molar-refractivity contribution is -0.121. The van der Waals surface area contributed by atoms with Crippen molar-refractivity contribution in [2.45, 2.75) is 24.3 Å². The van der Waals surface area contributed by atoms with Gasteiger partial charge >= 0.3 is 0 Å². The van der Waals surface area contributed by atoms with Crippen molar-refractivity contribution in [1.29, 1.82) is 0 Å². The second kappa shape index (κ2) is 9.57. The van der Waals surface area contributed by atoms with Crippen molar-refractivity contribution in [3.8, 4) is 11.5 Å². The van der Waals surface area contributed by atoms with E-state index in [1.54, 1.807) is 44.6 Å². The molecule has 1 unspecified atom stereocenters. The smallest absolute Gasteiger partial charge is 0.243 e. The first kappa shape index (κ1) is 21.7. The first-order valence-corrected chi connectivity index (χ1v) is 10.3. The molecule has 0 aliphatic heterocycles. The minimum absolute atomic E-state index is 0.150. The molecule has 0 radical (unpaired) electrons. The first-order chi connectivity index (χ1) is 13.3. The highest BCUT2D eigenvalue weighted by molar-refractivity contribution is 7.89. The molecule has 0 saturated carbocycles. The largest absolute Gasteiger partial charge is 0.493 e. The Kier molecular flexibility index (Phi) is 7.42. The van der Waals surface area contributed by atoms with Crippen molar-refractivity contribution < 1.29 is 22.7 Å². The maximum atomic E-state index is 12.6. The van der Waals surface area contributed by atoms with Gasteiger partial charge in [-0.3, -0.25) is 4.79 Å². The van der Waals surface area contributed by atoms with Crippen LogP contribution in [0.25, 0.3) is 0 Å². The average Bonchev–Trinajstić information content (AvgIpc) is 2.71. The predicted molar refractivity (Wildman–Crippen MR) is 107 cm³/mol. The van der Waals surface area contributed by atoms with Crippen molar-refractivity contribution >= 4 is 15.9 Å². The zero-order chi connectivity index (χ0) is 20.7. The molecule has 0 aliphatic carbocycles. The fraction of sp³-hybridized carbons (Fsp3) is 0.350. The Morgan fingerprint density at radius 3 is 2.29 bits per heavy atom. The van der Waals surface area contributed by atoms with Crippen LogP contribution >= 0.6 is 0 Å². The number of hydrogen-bond donors (Lipinski definition) is 1. The average molecular weight is 407 g/mol. The number of ether oxygens (including phenoxy) is 2. The summed E-state index contributed by atoms with van der Waals surface area (Å²) in [4.78, 5) is 12.6. The second-order valence-corrected chi connectivity index (χ2v) is 8.26. The summed E-state index contributed by atoms with van der Waals surface area (Å²) in [6.07, 6.45) is 0.635. The van der Waals surface area contributed by atoms with E-state index in [9.17, 15) is 13.2 Å². The molecule has 0 bridgehead atoms. The van der Waals surface area contributed by atoms with E-state index in [2.05, 4.69) is 5.32 Å². The Bertz CT molecular complexity index is 900. The Morgan fingerprint density at radius 1 is 1.07 bits per heavy atom. The van der Waals surface area contributed by atoms with Gasteiger partial charge in [0.1, 0.15) is 0 Å². The van der Waals surface area contributed by atoms with Gasteiger partial charge in [-0.1, -0.05) is 31.2 Å². The molecule has 0 heterocycles. The van der Waals surface area contributed by atoms with E-state index in [-0.39, 0.29) is 23.4 Å². The Labute approximate surface area is 166 Å². The molecule has 1 N–H and O–H groups in total. The number of sulfonamides is 1. The molecule has 2 aromatic carbocycles. The molecule has 1 atom stereocenters. The molecule has 0 aliphatic rings. The summed E-state index contributed by atoms with van der Waals surface area (Å²) in [6, 6.07) is 13.2. The number of likely N-dealkylation sites (N-methyl/N-ethyl adjacent to an activating group) is 1. The number of carbonyl (C=O) groups is 1. The van der Waals surface area contributed by atoms with Crippen LogP contribution in [0.1, 0.15) is 24.9 Å². The van der Waals surface area contributed by atoms with Gasteiger partial charge < -0.3 is 14.8 Å². The lowest BCUT2D eigenvalue weighted by Crippen LogP contribution is -2.39. The maximum absolute atomic E-state index is 12.6. The third kappa shape index (κ3) is 5.02. The molecule has 0 saturated heterocycles. The fourth-order valence-electron chi connectivity index (χ4n) is 2.79. The first-order valence-electron chi connectivity index (χ1n) is 8.86. The summed E-state index contributed by atoms with van der Waals surface area (Å²) in [5, 5.41) is 2.88. The number of nitrogens with one attached hydrogen (secondary N) is 1. The van der Waals surface area contributed by atoms with E-state index in [1.807, 2.05) is 13.0 Å². The number of amides is 1. The second-order valence-electron chi connectivity index (χ2n) is 6.22. The van der Waals surface area contributed by atoms with Crippen LogP contribution in [-0.2, 0) is 14.8 Å². The Morgan fingerprint density at radius 2 is 1.71 bits per heavy atom. The zero-order valence-corrected chi connectivity index (χ0v) is 17.3. The highest BCUT2D eigenvalue weighted by Crippen LogP contribution is 2.30. The van der Waals surface area contributed by atoms with Gasteiger partial charge in [0.05, 0.1) is 31.7 Å². The molecule has 152 valence electrons. The molecule has 2 rings (SSSR count). The number of nitrogens with zero attached hydrogens (tertiary/aromatic N) is 1. The summed E-state index contributed by atoms with van der Waals surface area (Å²) < 4.78 is 36.7. The number of rotatable bonds is 9. The quantitative estimate of drug-likeness (QED) is 0.692. The van der Waals surface area contributed by atoms with Gasteiger partial charge in [-0.05, 0) is 36.2 Å². The SMILES string of the molecule is CCC(NC(=O)CN(C)S(=O)(=O)c1ccccc1)c1ccc(OC)c(OC)c1. The third-order valence-corrected chi connectivity index (χ3v) is 6.19. The normalized spacial score (nSPS) is 12.5. The van der Waals surface area contributed by atoms with E-state index >= 15 is 0 Å². The lowest BCUT2D eigenvalue weighted by Gasteiger charge is -2.21. The molecule has 1 amide bonds. The molecule has 2 aromatic rings. The topological polar surface area (TPSA) is 84.9 Å². The van der Waals surface area contributed by atoms with Gasteiger partial charge in [0.2, 0.25) is 15.9 Å². The van der Waals surface area contributed by atoms with Gasteiger partial charge in [-0.25, -0.2) is 8.42 Å². The van der Waals surface area contributed by atoms with Crippen LogP contribution in [-0.4, -0.2) is 46.4 Å². The minimum atomic E-state index is -3.72. The molecular formula is C20H26N2O5S. The van der Waals surface area contributed by atoms with E-state index in [0.29, 0.717) is 17.9 Å². The van der Waals surface area contributed by atoms with Gasteiger partial charge in [0.25, 0.3) is 0 Å². The number of methoxy groups -OCH3 is 2. The van der Waals surface area contributed by atoms with E-state index in [4.69, 9.17) is 9.47 Å². The van der Waals surface area contributed by atoms with Crippen molar-refractivity contribution in [1.82, 2.24) is 9.62 Å². The monoisotopic (exact) mass is 406 g/mol. The molecule has 7 nitrogen and oxygen atoms in total. The molecule has 0 fully saturated rings. The van der Waals surface area contributed by atoms with E-state index < -0.39 is 10.0 Å². The van der Waals surface area contributed by atoms with Gasteiger partial charge in [-0.15, -0.1) is 0 Å². The zero-order valence-electron chi connectivity index (χ0n) is 16.5. The molecule has 0 spiro atoms. The van der Waals surface area contributed by atoms with Crippen LogP contribution in [0.4, 0.5) is 0 Å². The van der Waals surface area contributed by atoms with Crippen molar-refractivity contribution in [2.24, 2.45) is 0 Å². The summed E-state index contributed by atoms with van der Waals surface area (Å²) >= 11 is 0. The van der Waals surface area contributed by atoms with E-state index in [1.165, 1.54) is 19.2 Å². The van der Waals surface area contributed by atoms with E-state index in [0.717, 1.165) is 9.87 Å². The predicted octanol–water partition coefficient (Wildman–Crippen LogP) is 2.59. The van der Waals surface area contributed by atoms with Crippen molar-refractivity contribution in [2.75, 3.05) is 27.8 Å². The molecule has 28 heavy (non-hydrogen) atoms. The minimum Gasteiger partial charge on any atom is -0.493 e. The van der Waals surface area contributed by atoms with Gasteiger partial charge in [0.15, 0.2) is 11.5 Å². The number of hydrogen-bond acceptors (Lipinski definition) is 5. The summed E-state index contributed by atoms with van der Waals surface area (Å²) in [5.74, 6) is 0.779. The number of carbonyl (C=O) groups excluding carboxylic acids is 1. The van der Waals surface area contributed by atoms with Crippen LogP contribution in [0, 0.1) is 0 Å². The lowest BCUT2D eigenvalue weighted by atomic mass is 10.0.